The van der Waals surface area contributed by atoms with Crippen LogP contribution >= 0.6 is 39.1 Å². The molecule has 10 aromatic rings. The standard InChI is InChI=1S/C29H27ClN6O3S.C21H17BrClN5O.C8H12BNO4S/c1-18(25-16-20-10-8-14-24(30)26(20)28(37)36(25)21-11-5-4-6-12-21)33-27-23(17-32-29(31)34-27)19-9-7-13-22(15-19)40(38,39)35(2)3;1-12(26-19-15(22)11-25-21(24)27-19)17-10-13-6-5-9-16(23)18(13)20(29)28(17)14-7-3-2-4-8-14;1-10(2)15(13,14)8-5-3-4-7(6-8)9(11)12/h4-18H,1-3H3,(H3,31,32,33,34);2-12H,1H3,(H3,24,25,26,27);3-6,11-12H,1-2H3/t18-;12-;/m00./s1. The molecular formula is C58H56BBrCl2N12O8S2. The highest BCUT2D eigenvalue weighted by Gasteiger charge is 2.24. The van der Waals surface area contributed by atoms with Crippen LogP contribution in [0, 0.1) is 0 Å². The molecule has 0 unspecified atom stereocenters. The lowest BCUT2D eigenvalue weighted by atomic mass is 9.80. The SMILES string of the molecule is CN(C)S(=O)(=O)c1cccc(B(O)O)c1.C[C@H](Nc1nc(N)ncc1-c1cccc(S(=O)(=O)N(C)C)c1)c1cc2cccc(Cl)c2c(=O)n1-c1ccccc1.C[C@H](Nc1nc(N)ncc1Br)c1cc2cccc(Cl)c2c(=O)n1-c1ccccc1. The molecule has 0 radical (unpaired) electrons. The molecule has 4 aromatic heterocycles. The Balaban J connectivity index is 0.000000182. The number of nitrogen functional groups attached to an aromatic ring is 2. The second kappa shape index (κ2) is 26.3. The molecule has 6 aromatic carbocycles. The van der Waals surface area contributed by atoms with E-state index in [-0.39, 0.29) is 44.3 Å². The van der Waals surface area contributed by atoms with Gasteiger partial charge in [-0.1, -0.05) is 108 Å². The van der Waals surface area contributed by atoms with Crippen LogP contribution in [0.4, 0.5) is 23.5 Å². The molecule has 10 rings (SSSR count). The number of aromatic nitrogens is 6. The first kappa shape index (κ1) is 62.0. The number of halogens is 3. The first-order valence-electron chi connectivity index (χ1n) is 25.5. The van der Waals surface area contributed by atoms with E-state index in [9.17, 15) is 26.4 Å². The quantitative estimate of drug-likeness (QED) is 0.0555. The molecular weight excluding hydrogens is 1220 g/mol. The minimum absolute atomic E-state index is 0.0399. The smallest absolute Gasteiger partial charge is 0.423 e. The van der Waals surface area contributed by atoms with Gasteiger partial charge >= 0.3 is 7.12 Å². The van der Waals surface area contributed by atoms with Crippen molar-refractivity contribution >= 4 is 117 Å². The number of hydrogen-bond acceptors (Lipinski definition) is 16. The summed E-state index contributed by atoms with van der Waals surface area (Å²) in [6.45, 7) is 3.86. The van der Waals surface area contributed by atoms with Gasteiger partial charge in [0.05, 0.1) is 47.2 Å². The fourth-order valence-corrected chi connectivity index (χ4v) is 11.6. The Morgan fingerprint density at radius 1 is 0.571 bits per heavy atom. The van der Waals surface area contributed by atoms with Crippen molar-refractivity contribution in [3.63, 3.8) is 0 Å². The third kappa shape index (κ3) is 13.6. The van der Waals surface area contributed by atoms with E-state index in [1.165, 1.54) is 58.5 Å². The summed E-state index contributed by atoms with van der Waals surface area (Å²) in [6.07, 6.45) is 3.13. The van der Waals surface area contributed by atoms with Crippen molar-refractivity contribution in [2.24, 2.45) is 0 Å². The van der Waals surface area contributed by atoms with E-state index in [0.717, 1.165) is 25.4 Å². The monoisotopic (exact) mass is 1270 g/mol. The Morgan fingerprint density at radius 3 is 1.48 bits per heavy atom. The number of hydrogen-bond donors (Lipinski definition) is 6. The first-order valence-corrected chi connectivity index (χ1v) is 30.0. The van der Waals surface area contributed by atoms with Crippen LogP contribution in [-0.4, -0.2) is 99.9 Å². The number of pyridine rings is 2. The number of para-hydroxylation sites is 2. The molecule has 8 N–H and O–H groups in total. The fourth-order valence-electron chi connectivity index (χ4n) is 8.84. The summed E-state index contributed by atoms with van der Waals surface area (Å²) in [4.78, 5) is 44.2. The van der Waals surface area contributed by atoms with Crippen LogP contribution < -0.4 is 38.7 Å². The van der Waals surface area contributed by atoms with Crippen LogP contribution in [0.3, 0.4) is 0 Å². The number of anilines is 4. The number of nitrogens with two attached hydrogens (primary N) is 2. The Morgan fingerprint density at radius 2 is 1.00 bits per heavy atom. The molecule has 0 saturated carbocycles. The molecule has 0 aliphatic rings. The molecule has 26 heteroatoms. The van der Waals surface area contributed by atoms with Crippen molar-refractivity contribution in [1.82, 2.24) is 37.7 Å². The summed E-state index contributed by atoms with van der Waals surface area (Å²) >= 11 is 16.2. The molecule has 0 aliphatic heterocycles. The molecule has 0 bridgehead atoms. The topological polar surface area (TPSA) is 287 Å². The van der Waals surface area contributed by atoms with E-state index in [0.29, 0.717) is 64.8 Å². The van der Waals surface area contributed by atoms with Crippen molar-refractivity contribution in [3.8, 4) is 22.5 Å². The van der Waals surface area contributed by atoms with Gasteiger partial charge in [0.25, 0.3) is 11.1 Å². The normalized spacial score (nSPS) is 12.2. The molecule has 4 heterocycles. The Bertz CT molecular complexity index is 4420. The number of nitrogens with one attached hydrogen (secondary N) is 2. The molecule has 0 amide bonds. The molecule has 2 atom stereocenters. The van der Waals surface area contributed by atoms with Gasteiger partial charge in [0.1, 0.15) is 11.6 Å². The van der Waals surface area contributed by atoms with Crippen molar-refractivity contribution in [1.29, 1.82) is 0 Å². The van der Waals surface area contributed by atoms with E-state index in [2.05, 4.69) is 46.5 Å². The van der Waals surface area contributed by atoms with Crippen molar-refractivity contribution < 1.29 is 26.9 Å². The summed E-state index contributed by atoms with van der Waals surface area (Å²) in [5.41, 5.74) is 15.4. The minimum Gasteiger partial charge on any atom is -0.423 e. The van der Waals surface area contributed by atoms with Crippen LogP contribution in [0.2, 0.25) is 10.0 Å². The third-order valence-electron chi connectivity index (χ3n) is 13.1. The number of benzene rings is 6. The molecule has 432 valence electrons. The van der Waals surface area contributed by atoms with E-state index in [1.807, 2.05) is 105 Å². The van der Waals surface area contributed by atoms with Crippen LogP contribution in [0.15, 0.2) is 194 Å². The van der Waals surface area contributed by atoms with Gasteiger partial charge in [0.2, 0.25) is 31.9 Å². The van der Waals surface area contributed by atoms with E-state index in [1.54, 1.807) is 57.9 Å². The van der Waals surface area contributed by atoms with E-state index in [4.69, 9.17) is 44.7 Å². The van der Waals surface area contributed by atoms with Crippen LogP contribution in [0.25, 0.3) is 44.0 Å². The second-order valence-corrected chi connectivity index (χ2v) is 25.2. The van der Waals surface area contributed by atoms with Gasteiger partial charge in [-0.15, -0.1) is 0 Å². The van der Waals surface area contributed by atoms with Gasteiger partial charge in [-0.3, -0.25) is 18.7 Å². The average molecular weight is 1270 g/mol. The maximum Gasteiger partial charge on any atom is 0.488 e. The summed E-state index contributed by atoms with van der Waals surface area (Å²) < 4.78 is 55.1. The Kier molecular flexibility index (Phi) is 19.4. The molecule has 0 fully saturated rings. The lowest BCUT2D eigenvalue weighted by molar-refractivity contribution is 0.425. The van der Waals surface area contributed by atoms with E-state index < -0.39 is 33.2 Å². The number of rotatable bonds is 14. The molecule has 0 spiro atoms. The lowest BCUT2D eigenvalue weighted by Gasteiger charge is -2.23. The molecule has 84 heavy (non-hydrogen) atoms. The molecule has 20 nitrogen and oxygen atoms in total. The highest BCUT2D eigenvalue weighted by Crippen LogP contribution is 2.34. The van der Waals surface area contributed by atoms with Crippen molar-refractivity contribution in [2.45, 2.75) is 35.7 Å². The van der Waals surface area contributed by atoms with Gasteiger partial charge in [-0.2, -0.15) is 9.97 Å². The van der Waals surface area contributed by atoms with Gasteiger partial charge < -0.3 is 32.1 Å². The predicted molar refractivity (Wildman–Crippen MR) is 337 cm³/mol. The van der Waals surface area contributed by atoms with E-state index >= 15 is 0 Å². The van der Waals surface area contributed by atoms with Crippen molar-refractivity contribution in [2.75, 3.05) is 50.3 Å². The zero-order chi connectivity index (χ0) is 60.8. The molecule has 0 aliphatic carbocycles. The van der Waals surface area contributed by atoms with Gasteiger partial charge in [0.15, 0.2) is 0 Å². The Labute approximate surface area is 503 Å². The highest BCUT2D eigenvalue weighted by atomic mass is 79.9. The minimum atomic E-state index is -3.66. The maximum atomic E-state index is 13.8. The fraction of sp³-hybridized carbons (Fsp3) is 0.138. The lowest BCUT2D eigenvalue weighted by Crippen LogP contribution is -2.31. The first-order chi connectivity index (χ1) is 39.9. The second-order valence-electron chi connectivity index (χ2n) is 19.2. The van der Waals surface area contributed by atoms with Crippen LogP contribution in [-0.2, 0) is 20.0 Å². The van der Waals surface area contributed by atoms with Crippen LogP contribution in [0.1, 0.15) is 37.3 Å². The zero-order valence-electron chi connectivity index (χ0n) is 45.9. The number of fused-ring (bicyclic) bond motifs is 2. The molecule has 0 saturated heterocycles. The van der Waals surface area contributed by atoms with Crippen LogP contribution in [0.5, 0.6) is 0 Å². The highest BCUT2D eigenvalue weighted by molar-refractivity contribution is 9.10. The summed E-state index contributed by atoms with van der Waals surface area (Å²) in [7, 11) is -3.06. The van der Waals surface area contributed by atoms with Gasteiger partial charge in [-0.05, 0) is 124 Å². The Hall–Kier alpha value is -8.04. The third-order valence-corrected chi connectivity index (χ3v) is 17.9. The zero-order valence-corrected chi connectivity index (χ0v) is 50.7. The predicted octanol–water partition coefficient (Wildman–Crippen LogP) is 8.68. The largest absolute Gasteiger partial charge is 0.488 e. The van der Waals surface area contributed by atoms with Gasteiger partial charge in [0, 0.05) is 68.9 Å². The number of nitrogens with zero attached hydrogens (tertiary/aromatic N) is 8. The summed E-state index contributed by atoms with van der Waals surface area (Å²) in [6, 6.07) is 44.8. The average Bonchev–Trinajstić information content (AvgIpc) is 1.62. The summed E-state index contributed by atoms with van der Waals surface area (Å²) in [5.74, 6) is 1.14. The van der Waals surface area contributed by atoms with Crippen molar-refractivity contribution in [3.05, 3.63) is 217 Å². The maximum absolute atomic E-state index is 13.8. The number of sulfonamides is 2. The summed E-state index contributed by atoms with van der Waals surface area (Å²) in [5, 5.41) is 27.7. The van der Waals surface area contributed by atoms with Gasteiger partial charge in [-0.25, -0.2) is 35.4 Å².